The molecule has 3 N–H and O–H groups in total. The zero-order valence-corrected chi connectivity index (χ0v) is 16.1. The Hall–Kier alpha value is -2.65. The van der Waals surface area contributed by atoms with E-state index in [1.54, 1.807) is 6.92 Å². The molecule has 3 atom stereocenters. The summed E-state index contributed by atoms with van der Waals surface area (Å²) in [7, 11) is 1.90. The number of rotatable bonds is 6. The minimum absolute atomic E-state index is 0.209. The molecular formula is C19H26N4O5. The van der Waals surface area contributed by atoms with Crippen molar-refractivity contribution in [2.45, 2.75) is 31.2 Å². The van der Waals surface area contributed by atoms with Crippen molar-refractivity contribution in [3.63, 3.8) is 0 Å². The zero-order chi connectivity index (χ0) is 20.3. The number of carbonyl (C=O) groups excluding carboxylic acids is 2. The summed E-state index contributed by atoms with van der Waals surface area (Å²) in [5.41, 5.74) is -0.0212. The molecule has 2 saturated heterocycles. The van der Waals surface area contributed by atoms with E-state index in [-0.39, 0.29) is 12.5 Å². The van der Waals surface area contributed by atoms with Crippen LogP contribution in [0, 0.1) is 0 Å². The fraction of sp³-hybridized carbons (Fsp3) is 0.526. The Morgan fingerprint density at radius 2 is 2.04 bits per heavy atom. The first kappa shape index (κ1) is 20.1. The van der Waals surface area contributed by atoms with Crippen LogP contribution in [0.1, 0.15) is 12.5 Å². The van der Waals surface area contributed by atoms with Crippen molar-refractivity contribution in [1.82, 2.24) is 20.4 Å². The van der Waals surface area contributed by atoms with Crippen LogP contribution in [-0.2, 0) is 20.9 Å². The largest absolute Gasteiger partial charge is 0.465 e. The number of carbonyl (C=O) groups is 3. The van der Waals surface area contributed by atoms with Crippen LogP contribution in [0.3, 0.4) is 0 Å². The highest BCUT2D eigenvalue weighted by Gasteiger charge is 2.56. The number of hydrogen-bond donors (Lipinski definition) is 3. The smallest absolute Gasteiger partial charge is 0.405 e. The molecule has 1 spiro atoms. The molecule has 9 heteroatoms. The molecule has 9 nitrogen and oxygen atoms in total. The molecule has 2 aliphatic heterocycles. The normalized spacial score (nSPS) is 24.2. The van der Waals surface area contributed by atoms with Crippen molar-refractivity contribution in [2.75, 3.05) is 33.2 Å². The number of nitrogens with zero attached hydrogens (tertiary/aromatic N) is 2. The summed E-state index contributed by atoms with van der Waals surface area (Å²) in [5.74, 6) is -0.648. The number of carboxylic acid groups (broad SMARTS) is 1. The number of hydrogen-bond acceptors (Lipinski definition) is 5. The van der Waals surface area contributed by atoms with E-state index in [1.807, 2.05) is 42.3 Å². The Labute approximate surface area is 163 Å². The average molecular weight is 390 g/mol. The lowest BCUT2D eigenvalue weighted by atomic mass is 9.85. The number of piperazine rings is 1. The number of nitrogens with one attached hydrogen (secondary N) is 2. The van der Waals surface area contributed by atoms with Gasteiger partial charge >= 0.3 is 6.09 Å². The molecule has 3 amide bonds. The Morgan fingerprint density at radius 1 is 1.32 bits per heavy atom. The third-order valence-electron chi connectivity index (χ3n) is 5.35. The van der Waals surface area contributed by atoms with Crippen LogP contribution in [0.5, 0.6) is 0 Å². The number of ether oxygens (including phenoxy) is 1. The predicted octanol–water partition coefficient (Wildman–Crippen LogP) is -0.129. The van der Waals surface area contributed by atoms with Gasteiger partial charge in [0.05, 0.1) is 19.3 Å². The van der Waals surface area contributed by atoms with Crippen LogP contribution in [0.2, 0.25) is 0 Å². The highest BCUT2D eigenvalue weighted by molar-refractivity contribution is 5.98. The van der Waals surface area contributed by atoms with Crippen LogP contribution < -0.4 is 10.6 Å². The van der Waals surface area contributed by atoms with Gasteiger partial charge in [-0.3, -0.25) is 9.59 Å². The summed E-state index contributed by atoms with van der Waals surface area (Å²) >= 11 is 0. The monoisotopic (exact) mass is 390 g/mol. The topological polar surface area (TPSA) is 111 Å². The number of amides is 3. The lowest BCUT2D eigenvalue weighted by Crippen LogP contribution is -2.81. The maximum absolute atomic E-state index is 13.3. The molecule has 2 aliphatic rings. The van der Waals surface area contributed by atoms with Crippen molar-refractivity contribution in [3.8, 4) is 0 Å². The maximum atomic E-state index is 13.3. The fourth-order valence-electron chi connectivity index (χ4n) is 3.71. The molecular weight excluding hydrogens is 364 g/mol. The maximum Gasteiger partial charge on any atom is 0.405 e. The minimum atomic E-state index is -1.31. The van der Waals surface area contributed by atoms with E-state index >= 15 is 0 Å². The van der Waals surface area contributed by atoms with Gasteiger partial charge in [-0.15, -0.1) is 0 Å². The molecule has 2 fully saturated rings. The van der Waals surface area contributed by atoms with Crippen molar-refractivity contribution < 1.29 is 24.2 Å². The quantitative estimate of drug-likeness (QED) is 0.584. The van der Waals surface area contributed by atoms with Crippen molar-refractivity contribution in [1.29, 1.82) is 0 Å². The second-order valence-corrected chi connectivity index (χ2v) is 7.37. The second-order valence-electron chi connectivity index (χ2n) is 7.37. The lowest BCUT2D eigenvalue weighted by Gasteiger charge is -2.54. The number of β-lactam (4-membered cyclic amide) rings is 1. The van der Waals surface area contributed by atoms with Crippen molar-refractivity contribution in [2.24, 2.45) is 0 Å². The van der Waals surface area contributed by atoms with E-state index in [0.29, 0.717) is 26.2 Å². The summed E-state index contributed by atoms with van der Waals surface area (Å²) in [6.45, 7) is 3.66. The first-order chi connectivity index (χ1) is 13.3. The van der Waals surface area contributed by atoms with Gasteiger partial charge in [0.15, 0.2) is 5.54 Å². The molecule has 2 heterocycles. The van der Waals surface area contributed by atoms with Gasteiger partial charge in [0, 0.05) is 19.6 Å². The van der Waals surface area contributed by atoms with Crippen molar-refractivity contribution >= 4 is 17.9 Å². The molecule has 0 bridgehead atoms. The molecule has 0 radical (unpaired) electrons. The predicted molar refractivity (Wildman–Crippen MR) is 101 cm³/mol. The summed E-state index contributed by atoms with van der Waals surface area (Å²) in [4.78, 5) is 40.4. The van der Waals surface area contributed by atoms with Crippen molar-refractivity contribution in [3.05, 3.63) is 35.9 Å². The van der Waals surface area contributed by atoms with Crippen LogP contribution in [0.15, 0.2) is 30.3 Å². The van der Waals surface area contributed by atoms with E-state index in [9.17, 15) is 19.5 Å². The highest BCUT2D eigenvalue weighted by atomic mass is 16.5. The van der Waals surface area contributed by atoms with Gasteiger partial charge < -0.3 is 30.3 Å². The molecule has 1 unspecified atom stereocenters. The van der Waals surface area contributed by atoms with E-state index in [1.165, 1.54) is 4.90 Å². The zero-order valence-electron chi connectivity index (χ0n) is 16.1. The van der Waals surface area contributed by atoms with E-state index in [4.69, 9.17) is 4.74 Å². The van der Waals surface area contributed by atoms with E-state index in [2.05, 4.69) is 10.6 Å². The third-order valence-corrected chi connectivity index (χ3v) is 5.35. The van der Waals surface area contributed by atoms with Crippen LogP contribution in [0.4, 0.5) is 4.79 Å². The van der Waals surface area contributed by atoms with E-state index < -0.39 is 29.7 Å². The van der Waals surface area contributed by atoms with E-state index in [0.717, 1.165) is 5.56 Å². The van der Waals surface area contributed by atoms with Gasteiger partial charge in [-0.25, -0.2) is 4.79 Å². The van der Waals surface area contributed by atoms with Gasteiger partial charge in [-0.1, -0.05) is 30.3 Å². The summed E-state index contributed by atoms with van der Waals surface area (Å²) in [6.07, 6.45) is -2.02. The minimum Gasteiger partial charge on any atom is -0.465 e. The van der Waals surface area contributed by atoms with Gasteiger partial charge in [0.1, 0.15) is 6.04 Å². The first-order valence-electron chi connectivity index (χ1n) is 9.27. The Balaban J connectivity index is 1.75. The Morgan fingerprint density at radius 3 is 2.61 bits per heavy atom. The molecule has 0 saturated carbocycles. The third kappa shape index (κ3) is 3.95. The average Bonchev–Trinajstić information content (AvgIpc) is 2.69. The van der Waals surface area contributed by atoms with Crippen LogP contribution in [-0.4, -0.2) is 83.7 Å². The number of benzene rings is 1. The molecule has 1 aromatic carbocycles. The lowest BCUT2D eigenvalue weighted by molar-refractivity contribution is -0.164. The summed E-state index contributed by atoms with van der Waals surface area (Å²) in [5, 5.41) is 14.2. The van der Waals surface area contributed by atoms with Gasteiger partial charge in [-0.2, -0.15) is 0 Å². The molecule has 0 aliphatic carbocycles. The molecule has 3 rings (SSSR count). The highest BCUT2D eigenvalue weighted by Crippen LogP contribution is 2.28. The first-order valence-corrected chi connectivity index (χ1v) is 9.27. The summed E-state index contributed by atoms with van der Waals surface area (Å²) < 4.78 is 5.79. The van der Waals surface area contributed by atoms with Gasteiger partial charge in [0.2, 0.25) is 11.8 Å². The molecule has 28 heavy (non-hydrogen) atoms. The SMILES string of the molecule is C[C@@H](OCc1ccccc1)[C@H](NC(=O)O)C(=O)N1CCN(C)CC12CNC2=O. The molecule has 0 aromatic heterocycles. The molecule has 152 valence electrons. The van der Waals surface area contributed by atoms with Crippen LogP contribution >= 0.6 is 0 Å². The van der Waals surface area contributed by atoms with Gasteiger partial charge in [-0.05, 0) is 19.5 Å². The Bertz CT molecular complexity index is 743. The number of likely N-dealkylation sites (N-methyl/N-ethyl adjacent to an activating group) is 1. The molecule has 1 aromatic rings. The van der Waals surface area contributed by atoms with Crippen LogP contribution in [0.25, 0.3) is 0 Å². The Kier molecular flexibility index (Phi) is 5.85. The fourth-order valence-corrected chi connectivity index (χ4v) is 3.71. The second kappa shape index (κ2) is 8.15. The standard InChI is InChI=1S/C19H26N4O5/c1-13(28-10-14-6-4-3-5-7-14)15(21-18(26)27)16(24)23-9-8-22(2)12-19(23)11-20-17(19)25/h3-7,13,15,21H,8-12H2,1-2H3,(H,20,25)(H,26,27)/t13-,15+,19?/m1/s1. The summed E-state index contributed by atoms with van der Waals surface area (Å²) in [6, 6.07) is 8.33. The van der Waals surface area contributed by atoms with Gasteiger partial charge in [0.25, 0.3) is 0 Å².